The van der Waals surface area contributed by atoms with E-state index in [-0.39, 0.29) is 0 Å². The lowest BCUT2D eigenvalue weighted by atomic mass is 10.0. The summed E-state index contributed by atoms with van der Waals surface area (Å²) in [7, 11) is 0. The van der Waals surface area contributed by atoms with Gasteiger partial charge in [-0.25, -0.2) is 0 Å². The first kappa shape index (κ1) is 14.1. The molecule has 0 saturated heterocycles. The minimum absolute atomic E-state index is 0.319. The van der Waals surface area contributed by atoms with Crippen molar-refractivity contribution in [1.82, 2.24) is 10.5 Å². The molecule has 0 saturated carbocycles. The van der Waals surface area contributed by atoms with E-state index < -0.39 is 0 Å². The molecule has 0 spiro atoms. The maximum Gasteiger partial charge on any atom is 0.133 e. The normalized spacial score (nSPS) is 12.6. The molecule has 0 amide bonds. The van der Waals surface area contributed by atoms with Crippen molar-refractivity contribution < 1.29 is 4.52 Å². The van der Waals surface area contributed by atoms with E-state index in [1.807, 2.05) is 25.1 Å². The van der Waals surface area contributed by atoms with Gasteiger partial charge in [0.1, 0.15) is 5.76 Å². The lowest BCUT2D eigenvalue weighted by Crippen LogP contribution is -2.21. The van der Waals surface area contributed by atoms with Gasteiger partial charge < -0.3 is 9.84 Å². The van der Waals surface area contributed by atoms with Gasteiger partial charge in [0.2, 0.25) is 0 Å². The van der Waals surface area contributed by atoms with Crippen LogP contribution in [0.1, 0.15) is 42.8 Å². The molecule has 0 fully saturated rings. The molecule has 1 heterocycles. The van der Waals surface area contributed by atoms with E-state index in [9.17, 15) is 0 Å². The van der Waals surface area contributed by atoms with Gasteiger partial charge in [-0.2, -0.15) is 0 Å². The van der Waals surface area contributed by atoms with Crippen molar-refractivity contribution in [3.05, 3.63) is 52.4 Å². The third-order valence-electron chi connectivity index (χ3n) is 3.06. The number of benzene rings is 1. The summed E-state index contributed by atoms with van der Waals surface area (Å²) in [5.41, 5.74) is 2.19. The lowest BCUT2D eigenvalue weighted by molar-refractivity contribution is 0.384. The zero-order valence-electron chi connectivity index (χ0n) is 11.3. The van der Waals surface area contributed by atoms with Crippen LogP contribution < -0.4 is 5.32 Å². The molecule has 19 heavy (non-hydrogen) atoms. The highest BCUT2D eigenvalue weighted by molar-refractivity contribution is 6.30. The van der Waals surface area contributed by atoms with Crippen molar-refractivity contribution >= 4 is 11.6 Å². The number of aryl methyl sites for hydroxylation is 1. The van der Waals surface area contributed by atoms with Gasteiger partial charge in [-0.1, -0.05) is 42.2 Å². The molecule has 2 rings (SSSR count). The van der Waals surface area contributed by atoms with Gasteiger partial charge in [-0.3, -0.25) is 0 Å². The summed E-state index contributed by atoms with van der Waals surface area (Å²) >= 11 is 5.93. The van der Waals surface area contributed by atoms with Crippen LogP contribution in [0.2, 0.25) is 5.02 Å². The Morgan fingerprint density at radius 3 is 2.63 bits per heavy atom. The Hall–Kier alpha value is -1.32. The van der Waals surface area contributed by atoms with Gasteiger partial charge in [0.05, 0.1) is 5.69 Å². The fourth-order valence-electron chi connectivity index (χ4n) is 2.10. The zero-order valence-corrected chi connectivity index (χ0v) is 12.1. The van der Waals surface area contributed by atoms with Crippen LogP contribution >= 0.6 is 11.6 Å². The van der Waals surface area contributed by atoms with E-state index >= 15 is 0 Å². The highest BCUT2D eigenvalue weighted by Crippen LogP contribution is 2.21. The summed E-state index contributed by atoms with van der Waals surface area (Å²) in [6, 6.07) is 10.3. The molecular formula is C15H19ClN2O. The monoisotopic (exact) mass is 278 g/mol. The van der Waals surface area contributed by atoms with Crippen LogP contribution in [0.25, 0.3) is 0 Å². The molecule has 0 radical (unpaired) electrons. The molecule has 4 heteroatoms. The topological polar surface area (TPSA) is 38.1 Å². The van der Waals surface area contributed by atoms with Crippen molar-refractivity contribution in [2.75, 3.05) is 0 Å². The standard InChI is InChI=1S/C15H19ClN2O/c1-3-4-15(12-5-7-13(16)8-6-12)17-10-14-9-11(2)19-18-14/h5-9,15,17H,3-4,10H2,1-2H3. The van der Waals surface area contributed by atoms with Gasteiger partial charge in [0.15, 0.2) is 0 Å². The smallest absolute Gasteiger partial charge is 0.133 e. The highest BCUT2D eigenvalue weighted by atomic mass is 35.5. The fourth-order valence-corrected chi connectivity index (χ4v) is 2.23. The predicted octanol–water partition coefficient (Wildman–Crippen LogP) is 4.27. The van der Waals surface area contributed by atoms with Crippen LogP contribution in [-0.4, -0.2) is 5.16 Å². The molecule has 0 aliphatic heterocycles. The van der Waals surface area contributed by atoms with Gasteiger partial charge in [0.25, 0.3) is 0 Å². The third-order valence-corrected chi connectivity index (χ3v) is 3.31. The Bertz CT molecular complexity index is 507. The van der Waals surface area contributed by atoms with Crippen LogP contribution in [-0.2, 0) is 6.54 Å². The van der Waals surface area contributed by atoms with Crippen molar-refractivity contribution in [2.45, 2.75) is 39.3 Å². The molecule has 0 aliphatic rings. The van der Waals surface area contributed by atoms with Crippen LogP contribution in [0.3, 0.4) is 0 Å². The fraction of sp³-hybridized carbons (Fsp3) is 0.400. The zero-order chi connectivity index (χ0) is 13.7. The van der Waals surface area contributed by atoms with Crippen molar-refractivity contribution in [3.8, 4) is 0 Å². The van der Waals surface area contributed by atoms with Crippen LogP contribution in [0.4, 0.5) is 0 Å². The Balaban J connectivity index is 2.01. The molecule has 3 nitrogen and oxygen atoms in total. The number of nitrogens with zero attached hydrogens (tertiary/aromatic N) is 1. The Kier molecular flexibility index (Phi) is 5.00. The second-order valence-electron chi connectivity index (χ2n) is 4.70. The summed E-state index contributed by atoms with van der Waals surface area (Å²) in [6.07, 6.45) is 2.20. The summed E-state index contributed by atoms with van der Waals surface area (Å²) in [5.74, 6) is 0.843. The van der Waals surface area contributed by atoms with Gasteiger partial charge in [-0.05, 0) is 31.0 Å². The summed E-state index contributed by atoms with van der Waals surface area (Å²) in [5, 5.41) is 8.29. The van der Waals surface area contributed by atoms with E-state index in [0.717, 1.165) is 29.3 Å². The summed E-state index contributed by atoms with van der Waals surface area (Å²) in [4.78, 5) is 0. The SMILES string of the molecule is CCCC(NCc1cc(C)on1)c1ccc(Cl)cc1. The molecule has 1 aromatic heterocycles. The van der Waals surface area contributed by atoms with Crippen molar-refractivity contribution in [2.24, 2.45) is 0 Å². The van der Waals surface area contributed by atoms with E-state index in [1.54, 1.807) is 0 Å². The molecule has 1 aromatic carbocycles. The van der Waals surface area contributed by atoms with Crippen LogP contribution in [0, 0.1) is 6.92 Å². The van der Waals surface area contributed by atoms with Crippen molar-refractivity contribution in [3.63, 3.8) is 0 Å². The minimum atomic E-state index is 0.319. The maximum atomic E-state index is 5.93. The average Bonchev–Trinajstić information content (AvgIpc) is 2.81. The average molecular weight is 279 g/mol. The second-order valence-corrected chi connectivity index (χ2v) is 5.14. The second kappa shape index (κ2) is 6.73. The van der Waals surface area contributed by atoms with Gasteiger partial charge >= 0.3 is 0 Å². The van der Waals surface area contributed by atoms with Crippen LogP contribution in [0.15, 0.2) is 34.9 Å². The summed E-state index contributed by atoms with van der Waals surface area (Å²) < 4.78 is 5.07. The van der Waals surface area contributed by atoms with E-state index in [0.29, 0.717) is 12.6 Å². The first-order valence-electron chi connectivity index (χ1n) is 6.60. The lowest BCUT2D eigenvalue weighted by Gasteiger charge is -2.18. The number of rotatable bonds is 6. The van der Waals surface area contributed by atoms with Gasteiger partial charge in [-0.15, -0.1) is 0 Å². The largest absolute Gasteiger partial charge is 0.361 e. The Morgan fingerprint density at radius 1 is 1.32 bits per heavy atom. The van der Waals surface area contributed by atoms with E-state index in [1.165, 1.54) is 5.56 Å². The molecule has 1 atom stereocenters. The molecule has 0 bridgehead atoms. The quantitative estimate of drug-likeness (QED) is 0.858. The molecule has 0 aliphatic carbocycles. The maximum absolute atomic E-state index is 5.93. The van der Waals surface area contributed by atoms with E-state index in [4.69, 9.17) is 16.1 Å². The molecular weight excluding hydrogens is 260 g/mol. The molecule has 1 unspecified atom stereocenters. The number of hydrogen-bond donors (Lipinski definition) is 1. The predicted molar refractivity (Wildman–Crippen MR) is 77.2 cm³/mol. The minimum Gasteiger partial charge on any atom is -0.361 e. The third kappa shape index (κ3) is 4.08. The molecule has 102 valence electrons. The molecule has 1 N–H and O–H groups in total. The van der Waals surface area contributed by atoms with Crippen LogP contribution in [0.5, 0.6) is 0 Å². The number of aromatic nitrogens is 1. The highest BCUT2D eigenvalue weighted by Gasteiger charge is 2.11. The van der Waals surface area contributed by atoms with Crippen molar-refractivity contribution in [1.29, 1.82) is 0 Å². The Morgan fingerprint density at radius 2 is 2.05 bits per heavy atom. The Labute approximate surface area is 118 Å². The van der Waals surface area contributed by atoms with E-state index in [2.05, 4.69) is 29.5 Å². The first-order valence-corrected chi connectivity index (χ1v) is 6.98. The number of halogens is 1. The number of nitrogens with one attached hydrogen (secondary N) is 1. The first-order chi connectivity index (χ1) is 9.19. The summed E-state index contributed by atoms with van der Waals surface area (Å²) in [6.45, 7) is 4.80. The van der Waals surface area contributed by atoms with Gasteiger partial charge in [0, 0.05) is 23.7 Å². The number of hydrogen-bond acceptors (Lipinski definition) is 3. The molecule has 2 aromatic rings.